The number of rotatable bonds is 3. The zero-order valence-electron chi connectivity index (χ0n) is 14.4. The van der Waals surface area contributed by atoms with Gasteiger partial charge in [-0.15, -0.1) is 0 Å². The molecule has 0 N–H and O–H groups in total. The SMILES string of the molecule is COC(=O)[C@]1(C(C)(C)C)O[C@@H]2OC(C(C)C)(C(C)C)O[C@H]21. The van der Waals surface area contributed by atoms with Crippen molar-refractivity contribution in [2.75, 3.05) is 7.11 Å². The van der Waals surface area contributed by atoms with Crippen LogP contribution in [0, 0.1) is 17.3 Å². The molecule has 0 bridgehead atoms. The lowest BCUT2D eigenvalue weighted by Crippen LogP contribution is -2.73. The molecule has 0 aromatic heterocycles. The van der Waals surface area contributed by atoms with E-state index in [4.69, 9.17) is 18.9 Å². The van der Waals surface area contributed by atoms with Crippen molar-refractivity contribution in [1.82, 2.24) is 0 Å². The van der Waals surface area contributed by atoms with Crippen LogP contribution in [-0.2, 0) is 23.7 Å². The fourth-order valence-electron chi connectivity index (χ4n) is 3.50. The summed E-state index contributed by atoms with van der Waals surface area (Å²) >= 11 is 0. The lowest BCUT2D eigenvalue weighted by atomic mass is 9.69. The number of ether oxygens (including phenoxy) is 4. The number of methoxy groups -OCH3 is 1. The lowest BCUT2D eigenvalue weighted by Gasteiger charge is -2.53. The van der Waals surface area contributed by atoms with E-state index in [-0.39, 0.29) is 11.8 Å². The quantitative estimate of drug-likeness (QED) is 0.750. The fourth-order valence-corrected chi connectivity index (χ4v) is 3.50. The minimum absolute atomic E-state index is 0.155. The highest BCUT2D eigenvalue weighted by molar-refractivity contribution is 5.83. The van der Waals surface area contributed by atoms with E-state index in [0.717, 1.165) is 0 Å². The molecule has 0 radical (unpaired) electrons. The van der Waals surface area contributed by atoms with Crippen LogP contribution in [0.2, 0.25) is 0 Å². The van der Waals surface area contributed by atoms with E-state index in [0.29, 0.717) is 0 Å². The molecule has 122 valence electrons. The summed E-state index contributed by atoms with van der Waals surface area (Å²) in [6.45, 7) is 14.1. The van der Waals surface area contributed by atoms with E-state index in [1.54, 1.807) is 0 Å². The molecule has 2 aliphatic rings. The van der Waals surface area contributed by atoms with Gasteiger partial charge in [0.05, 0.1) is 7.11 Å². The van der Waals surface area contributed by atoms with E-state index in [9.17, 15) is 4.79 Å². The van der Waals surface area contributed by atoms with Crippen molar-refractivity contribution in [3.8, 4) is 0 Å². The maximum absolute atomic E-state index is 12.4. The molecular weight excluding hydrogens is 272 g/mol. The Hall–Kier alpha value is -0.650. The van der Waals surface area contributed by atoms with Crippen molar-refractivity contribution < 1.29 is 23.7 Å². The van der Waals surface area contributed by atoms with Gasteiger partial charge < -0.3 is 18.9 Å². The highest BCUT2D eigenvalue weighted by Crippen LogP contribution is 2.56. The molecule has 2 fully saturated rings. The molecule has 0 aromatic rings. The minimum Gasteiger partial charge on any atom is -0.467 e. The van der Waals surface area contributed by atoms with Crippen LogP contribution in [0.25, 0.3) is 0 Å². The van der Waals surface area contributed by atoms with Gasteiger partial charge in [-0.2, -0.15) is 0 Å². The van der Waals surface area contributed by atoms with Gasteiger partial charge in [0, 0.05) is 17.3 Å². The van der Waals surface area contributed by atoms with Crippen molar-refractivity contribution >= 4 is 5.97 Å². The summed E-state index contributed by atoms with van der Waals surface area (Å²) in [7, 11) is 1.38. The van der Waals surface area contributed by atoms with Crippen molar-refractivity contribution in [3.05, 3.63) is 0 Å². The predicted molar refractivity (Wildman–Crippen MR) is 77.4 cm³/mol. The summed E-state index contributed by atoms with van der Waals surface area (Å²) in [5.74, 6) is -0.816. The Labute approximate surface area is 127 Å². The normalized spacial score (nSPS) is 34.8. The molecule has 0 aliphatic carbocycles. The van der Waals surface area contributed by atoms with E-state index >= 15 is 0 Å². The van der Waals surface area contributed by atoms with Gasteiger partial charge in [-0.3, -0.25) is 0 Å². The number of carbonyl (C=O) groups excluding carboxylic acids is 1. The first-order chi connectivity index (χ1) is 9.53. The third kappa shape index (κ3) is 2.05. The average molecular weight is 300 g/mol. The Morgan fingerprint density at radius 2 is 1.57 bits per heavy atom. The van der Waals surface area contributed by atoms with Crippen LogP contribution in [0.15, 0.2) is 0 Å². The summed E-state index contributed by atoms with van der Waals surface area (Å²) in [5.41, 5.74) is -1.56. The van der Waals surface area contributed by atoms with Crippen molar-refractivity contribution in [2.45, 2.75) is 72.2 Å². The van der Waals surface area contributed by atoms with Crippen molar-refractivity contribution in [2.24, 2.45) is 17.3 Å². The number of hydrogen-bond acceptors (Lipinski definition) is 5. The van der Waals surface area contributed by atoms with E-state index < -0.39 is 35.2 Å². The Kier molecular flexibility index (Phi) is 3.93. The highest BCUT2D eigenvalue weighted by Gasteiger charge is 2.75. The summed E-state index contributed by atoms with van der Waals surface area (Å²) in [6.07, 6.45) is -0.942. The monoisotopic (exact) mass is 300 g/mol. The first kappa shape index (κ1) is 16.7. The Bertz CT molecular complexity index is 415. The second-order valence-corrected chi connectivity index (χ2v) is 7.65. The van der Waals surface area contributed by atoms with Crippen LogP contribution in [0.5, 0.6) is 0 Å². The van der Waals surface area contributed by atoms with Gasteiger partial charge in [0.1, 0.15) is 0 Å². The Morgan fingerprint density at radius 3 is 1.95 bits per heavy atom. The van der Waals surface area contributed by atoms with Gasteiger partial charge >= 0.3 is 5.97 Å². The average Bonchev–Trinajstić information content (AvgIpc) is 2.64. The van der Waals surface area contributed by atoms with Gasteiger partial charge in [0.2, 0.25) is 5.60 Å². The number of fused-ring (bicyclic) bond motifs is 1. The molecule has 3 atom stereocenters. The minimum atomic E-state index is -1.11. The molecule has 0 saturated carbocycles. The van der Waals surface area contributed by atoms with Gasteiger partial charge in [0.25, 0.3) is 0 Å². The molecule has 5 nitrogen and oxygen atoms in total. The zero-order valence-corrected chi connectivity index (χ0v) is 14.4. The predicted octanol–water partition coefficient (Wildman–Crippen LogP) is 2.72. The van der Waals surface area contributed by atoms with E-state index in [1.165, 1.54) is 7.11 Å². The summed E-state index contributed by atoms with van der Waals surface area (Å²) in [4.78, 5) is 12.4. The van der Waals surface area contributed by atoms with Gasteiger partial charge in [0.15, 0.2) is 18.2 Å². The molecule has 0 unspecified atom stereocenters. The number of esters is 1. The molecule has 2 saturated heterocycles. The van der Waals surface area contributed by atoms with Gasteiger partial charge in [-0.25, -0.2) is 4.79 Å². The molecule has 21 heavy (non-hydrogen) atoms. The van der Waals surface area contributed by atoms with Crippen LogP contribution in [-0.4, -0.2) is 36.9 Å². The molecule has 0 amide bonds. The summed E-state index contributed by atoms with van der Waals surface area (Å²) < 4.78 is 23.2. The molecule has 0 aromatic carbocycles. The number of carbonyl (C=O) groups is 1. The van der Waals surface area contributed by atoms with Crippen molar-refractivity contribution in [3.63, 3.8) is 0 Å². The third-order valence-electron chi connectivity index (χ3n) is 4.77. The lowest BCUT2D eigenvalue weighted by molar-refractivity contribution is -0.339. The van der Waals surface area contributed by atoms with E-state index in [2.05, 4.69) is 27.7 Å². The third-order valence-corrected chi connectivity index (χ3v) is 4.77. The molecule has 2 aliphatic heterocycles. The molecule has 2 rings (SSSR count). The van der Waals surface area contributed by atoms with Crippen LogP contribution in [0.3, 0.4) is 0 Å². The van der Waals surface area contributed by atoms with Crippen LogP contribution >= 0.6 is 0 Å². The standard InChI is InChI=1S/C16H28O5/c1-9(2)16(10(3)4)19-11-12(21-16)20-15(11,13(17)18-8)14(5,6)7/h9-12H,1-8H3/t11-,12-,15-/m1/s1. The molecule has 2 heterocycles. The van der Waals surface area contributed by atoms with Gasteiger partial charge in [-0.1, -0.05) is 48.5 Å². The second-order valence-electron chi connectivity index (χ2n) is 7.65. The summed E-state index contributed by atoms with van der Waals surface area (Å²) in [6, 6.07) is 0. The zero-order chi connectivity index (χ0) is 16.2. The van der Waals surface area contributed by atoms with Crippen LogP contribution in [0.1, 0.15) is 48.5 Å². The summed E-state index contributed by atoms with van der Waals surface area (Å²) in [5, 5.41) is 0. The maximum Gasteiger partial charge on any atom is 0.341 e. The second kappa shape index (κ2) is 4.93. The molecular formula is C16H28O5. The maximum atomic E-state index is 12.4. The van der Waals surface area contributed by atoms with Crippen LogP contribution < -0.4 is 0 Å². The first-order valence-corrected chi connectivity index (χ1v) is 7.64. The smallest absolute Gasteiger partial charge is 0.341 e. The largest absolute Gasteiger partial charge is 0.467 e. The van der Waals surface area contributed by atoms with Crippen LogP contribution in [0.4, 0.5) is 0 Å². The Morgan fingerprint density at radius 1 is 1.05 bits per heavy atom. The first-order valence-electron chi connectivity index (χ1n) is 7.64. The molecule has 0 spiro atoms. The fraction of sp³-hybridized carbons (Fsp3) is 0.938. The molecule has 5 heteroatoms. The van der Waals surface area contributed by atoms with Gasteiger partial charge in [-0.05, 0) is 0 Å². The Balaban J connectivity index is 2.37. The highest BCUT2D eigenvalue weighted by atomic mass is 16.9. The number of hydrogen-bond donors (Lipinski definition) is 0. The van der Waals surface area contributed by atoms with E-state index in [1.807, 2.05) is 20.8 Å². The van der Waals surface area contributed by atoms with Crippen molar-refractivity contribution in [1.29, 1.82) is 0 Å². The topological polar surface area (TPSA) is 54.0 Å².